The smallest absolute Gasteiger partial charge is 0.416 e. The second-order valence-corrected chi connectivity index (χ2v) is 9.18. The fourth-order valence-electron chi connectivity index (χ4n) is 4.33. The summed E-state index contributed by atoms with van der Waals surface area (Å²) in [4.78, 5) is 2.32. The number of anilines is 1. The number of rotatable bonds is 8. The molecule has 1 fully saturated rings. The van der Waals surface area contributed by atoms with Gasteiger partial charge in [0.1, 0.15) is 12.4 Å². The summed E-state index contributed by atoms with van der Waals surface area (Å²) in [5, 5.41) is 9.99. The molecule has 10 heteroatoms. The van der Waals surface area contributed by atoms with Crippen LogP contribution in [0, 0.1) is 5.92 Å². The first kappa shape index (κ1) is 26.4. The molecule has 196 valence electrons. The summed E-state index contributed by atoms with van der Waals surface area (Å²) < 4.78 is 46.1. The van der Waals surface area contributed by atoms with Crippen molar-refractivity contribution in [3.63, 3.8) is 0 Å². The number of likely N-dealkylation sites (tertiary alicyclic amines) is 1. The Morgan fingerprint density at radius 3 is 2.49 bits per heavy atom. The zero-order chi connectivity index (χ0) is 26.6. The van der Waals surface area contributed by atoms with E-state index in [0.29, 0.717) is 17.6 Å². The van der Waals surface area contributed by atoms with E-state index < -0.39 is 11.7 Å². The maximum absolute atomic E-state index is 12.9. The van der Waals surface area contributed by atoms with Crippen LogP contribution < -0.4 is 15.6 Å². The highest BCUT2D eigenvalue weighted by molar-refractivity contribution is 5.61. The maximum atomic E-state index is 12.9. The molecule has 1 aliphatic heterocycles. The first-order valence-electron chi connectivity index (χ1n) is 12.0. The molecule has 3 aromatic rings. The minimum Gasteiger partial charge on any atom is -0.486 e. The first-order chi connectivity index (χ1) is 17.7. The quantitative estimate of drug-likeness (QED) is 0.255. The van der Waals surface area contributed by atoms with Crippen LogP contribution in [0.15, 0.2) is 73.0 Å². The Morgan fingerprint density at radius 2 is 1.84 bits per heavy atom. The predicted molar refractivity (Wildman–Crippen MR) is 137 cm³/mol. The van der Waals surface area contributed by atoms with Crippen LogP contribution in [0.1, 0.15) is 24.2 Å². The van der Waals surface area contributed by atoms with E-state index in [2.05, 4.69) is 28.7 Å². The van der Waals surface area contributed by atoms with Crippen molar-refractivity contribution in [3.8, 4) is 17.1 Å². The molecule has 0 amide bonds. The van der Waals surface area contributed by atoms with Crippen LogP contribution in [0.2, 0.25) is 0 Å². The van der Waals surface area contributed by atoms with E-state index in [4.69, 9.17) is 10.6 Å². The minimum absolute atomic E-state index is 0.0223. The van der Waals surface area contributed by atoms with Crippen molar-refractivity contribution in [3.05, 3.63) is 84.3 Å². The van der Waals surface area contributed by atoms with E-state index in [-0.39, 0.29) is 12.4 Å². The maximum Gasteiger partial charge on any atom is 0.416 e. The fourth-order valence-corrected chi connectivity index (χ4v) is 4.33. The van der Waals surface area contributed by atoms with E-state index in [1.54, 1.807) is 16.6 Å². The molecule has 2 heterocycles. The van der Waals surface area contributed by atoms with Crippen molar-refractivity contribution >= 4 is 5.69 Å². The molecular formula is C27H31F3N6O. The molecule has 0 unspecified atom stereocenters. The molecule has 37 heavy (non-hydrogen) atoms. The van der Waals surface area contributed by atoms with E-state index in [1.165, 1.54) is 12.1 Å². The van der Waals surface area contributed by atoms with Crippen molar-refractivity contribution in [2.45, 2.75) is 25.6 Å². The number of aromatic nitrogens is 3. The van der Waals surface area contributed by atoms with Crippen LogP contribution in [-0.4, -0.2) is 39.8 Å². The lowest BCUT2D eigenvalue weighted by Gasteiger charge is -2.30. The fraction of sp³-hybridized carbons (Fsp3) is 0.333. The number of benzene rings is 2. The molecule has 2 aromatic carbocycles. The third kappa shape index (κ3) is 6.39. The number of nitrogens with two attached hydrogens (primary N) is 1. The number of alkyl halides is 3. The van der Waals surface area contributed by atoms with Crippen molar-refractivity contribution in [1.82, 2.24) is 19.7 Å². The molecule has 0 saturated carbocycles. The van der Waals surface area contributed by atoms with Gasteiger partial charge in [0.2, 0.25) is 0 Å². The van der Waals surface area contributed by atoms with Gasteiger partial charge in [-0.15, -0.1) is 10.2 Å². The van der Waals surface area contributed by atoms with Gasteiger partial charge < -0.3 is 14.2 Å². The molecule has 4 rings (SSSR count). The van der Waals surface area contributed by atoms with Gasteiger partial charge >= 0.3 is 6.18 Å². The van der Waals surface area contributed by atoms with Gasteiger partial charge in [-0.2, -0.15) is 13.2 Å². The van der Waals surface area contributed by atoms with Crippen LogP contribution in [-0.2, 0) is 19.8 Å². The standard InChI is InChI=1S/C27H31F3N6O/c1-4-19(20-12-14-34(2)15-13-20)17-36(31)23-10-8-21(9-11-23)26-33-32-25(35(26)3)18-37-24-7-5-6-22(16-24)27(28,29)30/h4-11,16-17,20H,1,12-15,18,31H2,2-3H3/b19-17+. The Hall–Kier alpha value is -3.63. The van der Waals surface area contributed by atoms with Gasteiger partial charge in [0.15, 0.2) is 11.6 Å². The molecule has 0 radical (unpaired) electrons. The van der Waals surface area contributed by atoms with Crippen LogP contribution in [0.5, 0.6) is 5.75 Å². The molecule has 0 aliphatic carbocycles. The van der Waals surface area contributed by atoms with Crippen molar-refractivity contribution in [1.29, 1.82) is 0 Å². The van der Waals surface area contributed by atoms with Gasteiger partial charge in [0.05, 0.1) is 11.3 Å². The largest absolute Gasteiger partial charge is 0.486 e. The molecule has 1 aliphatic rings. The third-order valence-corrected chi connectivity index (χ3v) is 6.63. The molecule has 0 atom stereocenters. The van der Waals surface area contributed by atoms with E-state index in [9.17, 15) is 13.2 Å². The Bertz CT molecular complexity index is 1240. The Balaban J connectivity index is 1.43. The second kappa shape index (κ2) is 11.2. The third-order valence-electron chi connectivity index (χ3n) is 6.63. The lowest BCUT2D eigenvalue weighted by molar-refractivity contribution is -0.137. The topological polar surface area (TPSA) is 72.4 Å². The average molecular weight is 513 g/mol. The monoisotopic (exact) mass is 512 g/mol. The molecule has 0 bridgehead atoms. The Kier molecular flexibility index (Phi) is 7.99. The molecule has 0 spiro atoms. The van der Waals surface area contributed by atoms with Gasteiger partial charge in [-0.25, -0.2) is 5.84 Å². The number of hydrazine groups is 1. The number of ether oxygens (including phenoxy) is 1. The normalized spacial score (nSPS) is 15.6. The van der Waals surface area contributed by atoms with Crippen LogP contribution in [0.3, 0.4) is 0 Å². The lowest BCUT2D eigenvalue weighted by atomic mass is 9.90. The van der Waals surface area contributed by atoms with E-state index in [0.717, 1.165) is 54.9 Å². The summed E-state index contributed by atoms with van der Waals surface area (Å²) in [6.45, 7) is 6.06. The summed E-state index contributed by atoms with van der Waals surface area (Å²) in [6, 6.07) is 12.3. The number of hydrogen-bond donors (Lipinski definition) is 1. The highest BCUT2D eigenvalue weighted by Gasteiger charge is 2.30. The highest BCUT2D eigenvalue weighted by atomic mass is 19.4. The van der Waals surface area contributed by atoms with Crippen molar-refractivity contribution in [2.75, 3.05) is 25.1 Å². The number of piperidine rings is 1. The number of allylic oxidation sites excluding steroid dienone is 2. The lowest BCUT2D eigenvalue weighted by Crippen LogP contribution is -2.32. The van der Waals surface area contributed by atoms with Gasteiger partial charge in [-0.05, 0) is 86.9 Å². The SMILES string of the molecule is C=C/C(=C\N(N)c1ccc(-c2nnc(COc3cccc(C(F)(F)F)c3)n2C)cc1)C1CCN(C)CC1. The van der Waals surface area contributed by atoms with Gasteiger partial charge in [-0.3, -0.25) is 5.01 Å². The van der Waals surface area contributed by atoms with E-state index >= 15 is 0 Å². The number of hydrogen-bond acceptors (Lipinski definition) is 6. The number of halogens is 3. The second-order valence-electron chi connectivity index (χ2n) is 9.18. The first-order valence-corrected chi connectivity index (χ1v) is 12.0. The van der Waals surface area contributed by atoms with Crippen molar-refractivity contribution < 1.29 is 17.9 Å². The summed E-state index contributed by atoms with van der Waals surface area (Å²) in [5.41, 5.74) is 1.99. The molecule has 2 N–H and O–H groups in total. The summed E-state index contributed by atoms with van der Waals surface area (Å²) >= 11 is 0. The predicted octanol–water partition coefficient (Wildman–Crippen LogP) is 5.17. The van der Waals surface area contributed by atoms with Gasteiger partial charge in [0.25, 0.3) is 0 Å². The summed E-state index contributed by atoms with van der Waals surface area (Å²) in [7, 11) is 3.91. The molecule has 7 nitrogen and oxygen atoms in total. The summed E-state index contributed by atoms with van der Waals surface area (Å²) in [6.07, 6.45) is 1.54. The zero-order valence-corrected chi connectivity index (χ0v) is 20.9. The minimum atomic E-state index is -4.43. The van der Waals surface area contributed by atoms with Crippen molar-refractivity contribution in [2.24, 2.45) is 18.8 Å². The Labute approximate surface area is 214 Å². The van der Waals surface area contributed by atoms with Crippen LogP contribution >= 0.6 is 0 Å². The molecule has 1 saturated heterocycles. The molecular weight excluding hydrogens is 481 g/mol. The zero-order valence-electron chi connectivity index (χ0n) is 20.9. The number of nitrogens with zero attached hydrogens (tertiary/aromatic N) is 5. The Morgan fingerprint density at radius 1 is 1.14 bits per heavy atom. The molecule has 1 aromatic heterocycles. The van der Waals surface area contributed by atoms with Gasteiger partial charge in [0, 0.05) is 18.8 Å². The highest BCUT2D eigenvalue weighted by Crippen LogP contribution is 2.31. The van der Waals surface area contributed by atoms with E-state index in [1.807, 2.05) is 36.5 Å². The van der Waals surface area contributed by atoms with Gasteiger partial charge in [-0.1, -0.05) is 18.7 Å². The summed E-state index contributed by atoms with van der Waals surface area (Å²) in [5.74, 6) is 7.97. The van der Waals surface area contributed by atoms with Crippen LogP contribution in [0.25, 0.3) is 11.4 Å². The van der Waals surface area contributed by atoms with Crippen LogP contribution in [0.4, 0.5) is 18.9 Å². The average Bonchev–Trinajstić information content (AvgIpc) is 3.26.